The van der Waals surface area contributed by atoms with E-state index in [4.69, 9.17) is 0 Å². The highest BCUT2D eigenvalue weighted by Crippen LogP contribution is 2.27. The van der Waals surface area contributed by atoms with Crippen LogP contribution in [0.5, 0.6) is 0 Å². The predicted molar refractivity (Wildman–Crippen MR) is 123 cm³/mol. The van der Waals surface area contributed by atoms with E-state index in [0.717, 1.165) is 16.8 Å². The topological polar surface area (TPSA) is 109 Å². The SMILES string of the molecule is CC(=O)Nc1ccc(Nc2nc3c(-c4ccc(S(=O)(=O)N(C)C)cc4)cccn3n2)cc1. The average molecular weight is 451 g/mol. The Labute approximate surface area is 185 Å². The molecule has 32 heavy (non-hydrogen) atoms. The van der Waals surface area contributed by atoms with Gasteiger partial charge in [-0.15, -0.1) is 5.10 Å². The average Bonchev–Trinajstić information content (AvgIpc) is 3.17. The van der Waals surface area contributed by atoms with Gasteiger partial charge in [0.05, 0.1) is 4.90 Å². The normalized spacial score (nSPS) is 11.6. The zero-order valence-electron chi connectivity index (χ0n) is 17.8. The third-order valence-electron chi connectivity index (χ3n) is 4.77. The molecule has 164 valence electrons. The molecule has 0 fully saturated rings. The Morgan fingerprint density at radius 1 is 0.969 bits per heavy atom. The summed E-state index contributed by atoms with van der Waals surface area (Å²) in [4.78, 5) is 16.0. The third kappa shape index (κ3) is 4.32. The number of hydrogen-bond acceptors (Lipinski definition) is 6. The van der Waals surface area contributed by atoms with E-state index >= 15 is 0 Å². The van der Waals surface area contributed by atoms with Crippen LogP contribution in [0.25, 0.3) is 16.8 Å². The van der Waals surface area contributed by atoms with Crippen molar-refractivity contribution in [3.8, 4) is 11.1 Å². The van der Waals surface area contributed by atoms with Crippen LogP contribution in [0.15, 0.2) is 71.8 Å². The molecule has 0 saturated heterocycles. The zero-order valence-corrected chi connectivity index (χ0v) is 18.6. The second-order valence-electron chi connectivity index (χ2n) is 7.32. The number of nitrogens with one attached hydrogen (secondary N) is 2. The molecule has 0 bridgehead atoms. The minimum absolute atomic E-state index is 0.132. The van der Waals surface area contributed by atoms with Gasteiger partial charge in [-0.05, 0) is 54.1 Å². The van der Waals surface area contributed by atoms with Crippen molar-refractivity contribution in [3.05, 3.63) is 66.9 Å². The second kappa shape index (κ2) is 8.40. The molecule has 0 spiro atoms. The lowest BCUT2D eigenvalue weighted by Crippen LogP contribution is -2.22. The third-order valence-corrected chi connectivity index (χ3v) is 6.60. The molecule has 2 aromatic heterocycles. The van der Waals surface area contributed by atoms with Gasteiger partial charge in [-0.1, -0.05) is 12.1 Å². The van der Waals surface area contributed by atoms with Crippen molar-refractivity contribution in [1.82, 2.24) is 18.9 Å². The number of benzene rings is 2. The summed E-state index contributed by atoms with van der Waals surface area (Å²) in [6.45, 7) is 1.46. The first-order valence-electron chi connectivity index (χ1n) is 9.77. The van der Waals surface area contributed by atoms with Gasteiger partial charge in [0.25, 0.3) is 0 Å². The molecule has 0 unspecified atom stereocenters. The van der Waals surface area contributed by atoms with Crippen molar-refractivity contribution in [3.63, 3.8) is 0 Å². The van der Waals surface area contributed by atoms with E-state index in [-0.39, 0.29) is 10.8 Å². The minimum atomic E-state index is -3.49. The number of hydrogen-bond donors (Lipinski definition) is 2. The van der Waals surface area contributed by atoms with Crippen LogP contribution in [0.1, 0.15) is 6.92 Å². The number of sulfonamides is 1. The smallest absolute Gasteiger partial charge is 0.247 e. The molecule has 2 aromatic carbocycles. The molecule has 0 aliphatic carbocycles. The van der Waals surface area contributed by atoms with Crippen LogP contribution >= 0.6 is 0 Å². The molecule has 1 amide bonds. The predicted octanol–water partition coefficient (Wildman–Crippen LogP) is 3.35. The van der Waals surface area contributed by atoms with Gasteiger partial charge in [0.15, 0.2) is 5.65 Å². The van der Waals surface area contributed by atoms with Crippen molar-refractivity contribution in [1.29, 1.82) is 0 Å². The van der Waals surface area contributed by atoms with E-state index < -0.39 is 10.0 Å². The molecular formula is C22H22N6O3S. The van der Waals surface area contributed by atoms with Crippen LogP contribution in [-0.2, 0) is 14.8 Å². The number of nitrogens with zero attached hydrogens (tertiary/aromatic N) is 4. The van der Waals surface area contributed by atoms with Gasteiger partial charge in [-0.25, -0.2) is 17.2 Å². The first-order chi connectivity index (χ1) is 15.2. The summed E-state index contributed by atoms with van der Waals surface area (Å²) in [5.41, 5.74) is 3.76. The molecule has 10 heteroatoms. The highest BCUT2D eigenvalue weighted by atomic mass is 32.2. The summed E-state index contributed by atoms with van der Waals surface area (Å²) < 4.78 is 27.5. The van der Waals surface area contributed by atoms with Gasteiger partial charge in [-0.2, -0.15) is 4.98 Å². The largest absolute Gasteiger partial charge is 0.326 e. The standard InChI is InChI=1S/C22H22N6O3S/c1-15(29)23-17-8-10-18(11-9-17)24-22-25-21-20(5-4-14-28(21)26-22)16-6-12-19(13-7-16)32(30,31)27(2)3/h4-14H,1-3H3,(H,23,29)(H,24,26). The van der Waals surface area contributed by atoms with Gasteiger partial charge in [-0.3, -0.25) is 4.79 Å². The Hall–Kier alpha value is -3.76. The fraction of sp³-hybridized carbons (Fsp3) is 0.136. The van der Waals surface area contributed by atoms with Crippen LogP contribution in [-0.4, -0.2) is 47.3 Å². The first kappa shape index (κ1) is 21.5. The molecular weight excluding hydrogens is 428 g/mol. The van der Waals surface area contributed by atoms with Crippen LogP contribution in [0.3, 0.4) is 0 Å². The Balaban J connectivity index is 1.62. The number of amides is 1. The molecule has 0 aliphatic rings. The number of pyridine rings is 1. The summed E-state index contributed by atoms with van der Waals surface area (Å²) in [6, 6.07) is 17.7. The van der Waals surface area contributed by atoms with Crippen molar-refractivity contribution < 1.29 is 13.2 Å². The van der Waals surface area contributed by atoms with Crippen molar-refractivity contribution in [2.75, 3.05) is 24.7 Å². The minimum Gasteiger partial charge on any atom is -0.326 e. The van der Waals surface area contributed by atoms with Crippen molar-refractivity contribution >= 4 is 38.9 Å². The Kier molecular flexibility index (Phi) is 5.64. The molecule has 9 nitrogen and oxygen atoms in total. The highest BCUT2D eigenvalue weighted by Gasteiger charge is 2.17. The molecule has 0 radical (unpaired) electrons. The Morgan fingerprint density at radius 2 is 1.62 bits per heavy atom. The number of anilines is 3. The molecule has 4 rings (SSSR count). The second-order valence-corrected chi connectivity index (χ2v) is 9.47. The fourth-order valence-electron chi connectivity index (χ4n) is 3.17. The maximum Gasteiger partial charge on any atom is 0.247 e. The van der Waals surface area contributed by atoms with Crippen molar-refractivity contribution in [2.45, 2.75) is 11.8 Å². The van der Waals surface area contributed by atoms with E-state index in [2.05, 4.69) is 20.7 Å². The Bertz CT molecular complexity index is 1380. The lowest BCUT2D eigenvalue weighted by Gasteiger charge is -2.11. The molecule has 0 atom stereocenters. The quantitative estimate of drug-likeness (QED) is 0.466. The first-order valence-corrected chi connectivity index (χ1v) is 11.2. The number of carbonyl (C=O) groups excluding carboxylic acids is 1. The summed E-state index contributed by atoms with van der Waals surface area (Å²) in [5, 5.41) is 10.3. The van der Waals surface area contributed by atoms with Gasteiger partial charge in [0.1, 0.15) is 0 Å². The summed E-state index contributed by atoms with van der Waals surface area (Å²) >= 11 is 0. The van der Waals surface area contributed by atoms with Crippen LogP contribution in [0.2, 0.25) is 0 Å². The lowest BCUT2D eigenvalue weighted by molar-refractivity contribution is -0.114. The van der Waals surface area contributed by atoms with Crippen LogP contribution in [0.4, 0.5) is 17.3 Å². The van der Waals surface area contributed by atoms with Gasteiger partial charge >= 0.3 is 0 Å². The Morgan fingerprint density at radius 3 is 2.25 bits per heavy atom. The number of aromatic nitrogens is 3. The number of rotatable bonds is 6. The summed E-state index contributed by atoms with van der Waals surface area (Å²) in [5.74, 6) is 0.282. The summed E-state index contributed by atoms with van der Waals surface area (Å²) in [7, 11) is -0.488. The monoisotopic (exact) mass is 450 g/mol. The van der Waals surface area contributed by atoms with E-state index in [1.54, 1.807) is 47.1 Å². The molecule has 2 N–H and O–H groups in total. The van der Waals surface area contributed by atoms with E-state index in [9.17, 15) is 13.2 Å². The van der Waals surface area contributed by atoms with Crippen LogP contribution in [0, 0.1) is 0 Å². The highest BCUT2D eigenvalue weighted by molar-refractivity contribution is 7.89. The maximum atomic E-state index is 12.3. The molecule has 0 saturated carbocycles. The van der Waals surface area contributed by atoms with E-state index in [1.807, 2.05) is 24.3 Å². The zero-order chi connectivity index (χ0) is 22.9. The summed E-state index contributed by atoms with van der Waals surface area (Å²) in [6.07, 6.45) is 1.79. The van der Waals surface area contributed by atoms with E-state index in [1.165, 1.54) is 25.3 Å². The lowest BCUT2D eigenvalue weighted by atomic mass is 10.1. The van der Waals surface area contributed by atoms with E-state index in [0.29, 0.717) is 17.3 Å². The molecule has 2 heterocycles. The van der Waals surface area contributed by atoms with Gasteiger partial charge in [0.2, 0.25) is 21.9 Å². The van der Waals surface area contributed by atoms with Crippen molar-refractivity contribution in [2.24, 2.45) is 0 Å². The van der Waals surface area contributed by atoms with Gasteiger partial charge < -0.3 is 10.6 Å². The van der Waals surface area contributed by atoms with Crippen LogP contribution < -0.4 is 10.6 Å². The number of carbonyl (C=O) groups is 1. The fourth-order valence-corrected chi connectivity index (χ4v) is 4.07. The molecule has 4 aromatic rings. The maximum absolute atomic E-state index is 12.3. The van der Waals surface area contributed by atoms with Gasteiger partial charge in [0, 0.05) is 44.2 Å². The number of fused-ring (bicyclic) bond motifs is 1. The molecule has 0 aliphatic heterocycles.